The summed E-state index contributed by atoms with van der Waals surface area (Å²) >= 11 is 1.22. The maximum Gasteiger partial charge on any atom is 0.332 e. The van der Waals surface area contributed by atoms with E-state index in [0.717, 1.165) is 31.9 Å². The highest BCUT2D eigenvalue weighted by Gasteiger charge is 2.19. The van der Waals surface area contributed by atoms with Crippen LogP contribution in [0.3, 0.4) is 0 Å². The van der Waals surface area contributed by atoms with Gasteiger partial charge in [0, 0.05) is 31.6 Å². The van der Waals surface area contributed by atoms with Crippen LogP contribution in [0, 0.1) is 11.3 Å². The van der Waals surface area contributed by atoms with Crippen LogP contribution in [0.1, 0.15) is 16.1 Å². The number of nitrogens with zero attached hydrogens (tertiary/aromatic N) is 4. The number of H-pyrrole nitrogens is 1. The zero-order valence-corrected chi connectivity index (χ0v) is 17.8. The maximum atomic E-state index is 13.0. The molecule has 0 aliphatic carbocycles. The van der Waals surface area contributed by atoms with E-state index >= 15 is 0 Å². The van der Waals surface area contributed by atoms with E-state index in [2.05, 4.69) is 31.6 Å². The van der Waals surface area contributed by atoms with Crippen molar-refractivity contribution >= 4 is 39.7 Å². The molecule has 0 radical (unpaired) electrons. The number of aromatic nitrogens is 3. The number of anilines is 2. The number of benzene rings is 2. The monoisotopic (exact) mass is 445 g/mol. The molecule has 0 atom stereocenters. The fourth-order valence-corrected chi connectivity index (χ4v) is 4.60. The van der Waals surface area contributed by atoms with Gasteiger partial charge in [0.25, 0.3) is 5.91 Å². The molecule has 1 amide bonds. The van der Waals surface area contributed by atoms with Crippen molar-refractivity contribution in [1.82, 2.24) is 19.9 Å². The van der Waals surface area contributed by atoms with Crippen molar-refractivity contribution in [1.29, 1.82) is 5.26 Å². The second-order valence-electron chi connectivity index (χ2n) is 7.33. The predicted octanol–water partition coefficient (Wildman–Crippen LogP) is 2.31. The lowest BCUT2D eigenvalue weighted by Gasteiger charge is -2.31. The number of rotatable bonds is 4. The highest BCUT2D eigenvalue weighted by atomic mass is 32.1. The summed E-state index contributed by atoms with van der Waals surface area (Å²) in [7, 11) is 0. The Bertz CT molecular complexity index is 1410. The Morgan fingerprint density at radius 3 is 2.81 bits per heavy atom. The Hall–Kier alpha value is -3.94. The second kappa shape index (κ2) is 8.30. The van der Waals surface area contributed by atoms with Crippen LogP contribution in [0.15, 0.2) is 52.6 Å². The molecule has 5 rings (SSSR count). The summed E-state index contributed by atoms with van der Waals surface area (Å²) in [6.07, 6.45) is 0. The minimum absolute atomic E-state index is 0.204. The molecule has 1 fully saturated rings. The lowest BCUT2D eigenvalue weighted by Crippen LogP contribution is -2.43. The minimum Gasteiger partial charge on any atom is -0.367 e. The first-order valence-electron chi connectivity index (χ1n) is 10.1. The first-order chi connectivity index (χ1) is 15.6. The molecule has 0 unspecified atom stereocenters. The van der Waals surface area contributed by atoms with Crippen molar-refractivity contribution in [3.63, 3.8) is 0 Å². The highest BCUT2D eigenvalue weighted by Crippen LogP contribution is 2.28. The van der Waals surface area contributed by atoms with Gasteiger partial charge < -0.3 is 20.5 Å². The molecular weight excluding hydrogens is 426 g/mol. The molecule has 4 aromatic rings. The van der Waals surface area contributed by atoms with Gasteiger partial charge >= 0.3 is 5.69 Å². The molecular formula is C22H19N7O2S. The third kappa shape index (κ3) is 3.64. The van der Waals surface area contributed by atoms with Crippen LogP contribution in [0.5, 0.6) is 0 Å². The first-order valence-corrected chi connectivity index (χ1v) is 11.0. The van der Waals surface area contributed by atoms with Crippen molar-refractivity contribution in [3.05, 3.63) is 69.6 Å². The largest absolute Gasteiger partial charge is 0.367 e. The fraction of sp³-hybridized carbons (Fsp3) is 0.182. The lowest BCUT2D eigenvalue weighted by molar-refractivity contribution is 0.102. The van der Waals surface area contributed by atoms with Gasteiger partial charge in [0.05, 0.1) is 34.0 Å². The van der Waals surface area contributed by atoms with Gasteiger partial charge in [-0.3, -0.25) is 4.79 Å². The Balaban J connectivity index is 1.45. The number of para-hydroxylation sites is 2. The van der Waals surface area contributed by atoms with Gasteiger partial charge in [0.15, 0.2) is 5.13 Å². The minimum atomic E-state index is -0.396. The molecule has 10 heteroatoms. The van der Waals surface area contributed by atoms with Crippen molar-refractivity contribution in [3.8, 4) is 11.2 Å². The van der Waals surface area contributed by atoms with Crippen LogP contribution in [0.25, 0.3) is 16.2 Å². The zero-order chi connectivity index (χ0) is 22.1. The van der Waals surface area contributed by atoms with Crippen LogP contribution in [-0.2, 0) is 0 Å². The van der Waals surface area contributed by atoms with E-state index in [9.17, 15) is 14.9 Å². The molecule has 9 nitrogen and oxygen atoms in total. The SMILES string of the molecule is N#Cc1ccc(N2CCNCC2)c(NC(=O)c2csc(-n3c(=O)[nH]c4ccccc43)n2)c1. The fourth-order valence-electron chi connectivity index (χ4n) is 3.79. The third-order valence-corrected chi connectivity index (χ3v) is 6.16. The van der Waals surface area contributed by atoms with Crippen molar-refractivity contribution in [2.24, 2.45) is 0 Å². The van der Waals surface area contributed by atoms with Gasteiger partial charge in [0.1, 0.15) is 5.69 Å². The van der Waals surface area contributed by atoms with E-state index in [1.807, 2.05) is 30.3 Å². The topological polar surface area (TPSA) is 119 Å². The number of imidazole rings is 1. The molecule has 3 N–H and O–H groups in total. The Kier molecular flexibility index (Phi) is 5.18. The molecule has 0 spiro atoms. The normalized spacial score (nSPS) is 13.8. The summed E-state index contributed by atoms with van der Waals surface area (Å²) in [6.45, 7) is 3.31. The van der Waals surface area contributed by atoms with E-state index in [1.165, 1.54) is 15.9 Å². The molecule has 0 saturated carbocycles. The number of hydrogen-bond acceptors (Lipinski definition) is 7. The Morgan fingerprint density at radius 1 is 1.19 bits per heavy atom. The standard InChI is InChI=1S/C22H19N7O2S/c23-12-14-5-6-18(28-9-7-24-8-10-28)16(11-14)25-20(30)17-13-32-22(27-17)29-19-4-2-1-3-15(19)26-21(29)31/h1-6,11,13,24H,7-10H2,(H,25,30)(H,26,31). The lowest BCUT2D eigenvalue weighted by atomic mass is 10.1. The van der Waals surface area contributed by atoms with E-state index in [0.29, 0.717) is 27.4 Å². The van der Waals surface area contributed by atoms with E-state index in [4.69, 9.17) is 0 Å². The molecule has 0 bridgehead atoms. The van der Waals surface area contributed by atoms with E-state index < -0.39 is 5.91 Å². The molecule has 32 heavy (non-hydrogen) atoms. The predicted molar refractivity (Wildman–Crippen MR) is 124 cm³/mol. The van der Waals surface area contributed by atoms with Crippen LogP contribution < -0.4 is 21.2 Å². The van der Waals surface area contributed by atoms with Gasteiger partial charge in [-0.2, -0.15) is 5.26 Å². The summed E-state index contributed by atoms with van der Waals surface area (Å²) in [5, 5.41) is 17.5. The quantitative estimate of drug-likeness (QED) is 0.444. The van der Waals surface area contributed by atoms with Crippen LogP contribution in [0.4, 0.5) is 11.4 Å². The maximum absolute atomic E-state index is 13.0. The number of thiazole rings is 1. The number of aromatic amines is 1. The van der Waals surface area contributed by atoms with Crippen LogP contribution in [0.2, 0.25) is 0 Å². The Labute approximate surface area is 186 Å². The number of amides is 1. The molecule has 2 aromatic heterocycles. The molecule has 1 aliphatic heterocycles. The van der Waals surface area contributed by atoms with Gasteiger partial charge in [-0.05, 0) is 30.3 Å². The van der Waals surface area contributed by atoms with Gasteiger partial charge in [0.2, 0.25) is 0 Å². The van der Waals surface area contributed by atoms with Crippen molar-refractivity contribution < 1.29 is 4.79 Å². The van der Waals surface area contributed by atoms with Crippen molar-refractivity contribution in [2.45, 2.75) is 0 Å². The smallest absolute Gasteiger partial charge is 0.332 e. The molecule has 3 heterocycles. The number of piperazine rings is 1. The van der Waals surface area contributed by atoms with E-state index in [1.54, 1.807) is 17.5 Å². The number of carbonyl (C=O) groups is 1. The number of fused-ring (bicyclic) bond motifs is 1. The average molecular weight is 446 g/mol. The second-order valence-corrected chi connectivity index (χ2v) is 8.17. The van der Waals surface area contributed by atoms with Gasteiger partial charge in [-0.1, -0.05) is 12.1 Å². The first kappa shape index (κ1) is 20.0. The molecule has 1 aliphatic rings. The summed E-state index contributed by atoms with van der Waals surface area (Å²) < 4.78 is 1.46. The molecule has 2 aromatic carbocycles. The zero-order valence-electron chi connectivity index (χ0n) is 17.0. The summed E-state index contributed by atoms with van der Waals surface area (Å²) in [6, 6.07) is 14.7. The van der Waals surface area contributed by atoms with E-state index in [-0.39, 0.29) is 11.4 Å². The molecule has 1 saturated heterocycles. The van der Waals surface area contributed by atoms with Gasteiger partial charge in [-0.15, -0.1) is 11.3 Å². The van der Waals surface area contributed by atoms with Gasteiger partial charge in [-0.25, -0.2) is 14.3 Å². The number of nitriles is 1. The number of nitrogens with one attached hydrogen (secondary N) is 3. The van der Waals surface area contributed by atoms with Crippen LogP contribution in [-0.4, -0.2) is 46.6 Å². The number of hydrogen-bond donors (Lipinski definition) is 3. The van der Waals surface area contributed by atoms with Crippen molar-refractivity contribution in [2.75, 3.05) is 36.4 Å². The summed E-state index contributed by atoms with van der Waals surface area (Å²) in [5.74, 6) is -0.396. The highest BCUT2D eigenvalue weighted by molar-refractivity contribution is 7.12. The third-order valence-electron chi connectivity index (χ3n) is 5.34. The number of carbonyl (C=O) groups excluding carboxylic acids is 1. The van der Waals surface area contributed by atoms with Crippen LogP contribution >= 0.6 is 11.3 Å². The molecule has 160 valence electrons. The average Bonchev–Trinajstić information content (AvgIpc) is 3.43. The summed E-state index contributed by atoms with van der Waals surface area (Å²) in [4.78, 5) is 34.8. The summed E-state index contributed by atoms with van der Waals surface area (Å²) in [5.41, 5.74) is 3.18. The Morgan fingerprint density at radius 2 is 2.00 bits per heavy atom.